The number of aromatic nitrogens is 2. The smallest absolute Gasteiger partial charge is 0.274 e. The van der Waals surface area contributed by atoms with Gasteiger partial charge in [0.05, 0.1) is 16.9 Å². The first-order chi connectivity index (χ1) is 12.2. The van der Waals surface area contributed by atoms with Crippen molar-refractivity contribution >= 4 is 23.2 Å². The summed E-state index contributed by atoms with van der Waals surface area (Å²) in [4.78, 5) is 20.4. The SMILES string of the molecule is N#Cc1ccccc1NC(=O)c1ccnc(Nc2ccccc2F)n1. The number of rotatable bonds is 4. The second-order valence-corrected chi connectivity index (χ2v) is 4.98. The average molecular weight is 333 g/mol. The summed E-state index contributed by atoms with van der Waals surface area (Å²) in [7, 11) is 0. The summed E-state index contributed by atoms with van der Waals surface area (Å²) in [6.07, 6.45) is 1.39. The number of halogens is 1. The van der Waals surface area contributed by atoms with Gasteiger partial charge in [0.25, 0.3) is 5.91 Å². The van der Waals surface area contributed by atoms with Crippen LogP contribution < -0.4 is 10.6 Å². The number of nitriles is 1. The number of anilines is 3. The molecule has 6 nitrogen and oxygen atoms in total. The molecule has 122 valence electrons. The summed E-state index contributed by atoms with van der Waals surface area (Å²) in [5, 5.41) is 14.4. The maximum atomic E-state index is 13.7. The largest absolute Gasteiger partial charge is 0.322 e. The van der Waals surface area contributed by atoms with Crippen molar-refractivity contribution < 1.29 is 9.18 Å². The van der Waals surface area contributed by atoms with Crippen molar-refractivity contribution in [2.24, 2.45) is 0 Å². The number of nitrogens with one attached hydrogen (secondary N) is 2. The minimum Gasteiger partial charge on any atom is -0.322 e. The van der Waals surface area contributed by atoms with Gasteiger partial charge in [-0.15, -0.1) is 0 Å². The fourth-order valence-electron chi connectivity index (χ4n) is 2.10. The Labute approximate surface area is 143 Å². The Morgan fingerprint density at radius 3 is 2.52 bits per heavy atom. The van der Waals surface area contributed by atoms with Crippen LogP contribution in [0.3, 0.4) is 0 Å². The molecule has 3 rings (SSSR count). The highest BCUT2D eigenvalue weighted by Crippen LogP contribution is 2.18. The molecule has 0 unspecified atom stereocenters. The second kappa shape index (κ2) is 7.19. The van der Waals surface area contributed by atoms with Crippen molar-refractivity contribution in [3.05, 3.63) is 77.9 Å². The lowest BCUT2D eigenvalue weighted by atomic mass is 10.2. The van der Waals surface area contributed by atoms with Gasteiger partial charge < -0.3 is 10.6 Å². The second-order valence-electron chi connectivity index (χ2n) is 4.98. The minimum absolute atomic E-state index is 0.0848. The summed E-state index contributed by atoms with van der Waals surface area (Å²) in [6, 6.07) is 16.1. The van der Waals surface area contributed by atoms with Crippen molar-refractivity contribution in [3.63, 3.8) is 0 Å². The van der Waals surface area contributed by atoms with Crippen LogP contribution in [0.4, 0.5) is 21.7 Å². The molecule has 0 fully saturated rings. The van der Waals surface area contributed by atoms with E-state index >= 15 is 0 Å². The monoisotopic (exact) mass is 333 g/mol. The summed E-state index contributed by atoms with van der Waals surface area (Å²) < 4.78 is 13.7. The first kappa shape index (κ1) is 16.1. The number of carbonyl (C=O) groups is 1. The van der Waals surface area contributed by atoms with E-state index in [0.29, 0.717) is 11.3 Å². The molecule has 1 aromatic heterocycles. The highest BCUT2D eigenvalue weighted by molar-refractivity contribution is 6.03. The number of hydrogen-bond donors (Lipinski definition) is 2. The quantitative estimate of drug-likeness (QED) is 0.763. The lowest BCUT2D eigenvalue weighted by Crippen LogP contribution is -2.15. The summed E-state index contributed by atoms with van der Waals surface area (Å²) >= 11 is 0. The van der Waals surface area contributed by atoms with E-state index in [4.69, 9.17) is 5.26 Å². The fraction of sp³-hybridized carbons (Fsp3) is 0. The zero-order valence-electron chi connectivity index (χ0n) is 12.9. The van der Waals surface area contributed by atoms with E-state index in [1.165, 1.54) is 24.4 Å². The molecule has 1 amide bonds. The average Bonchev–Trinajstić information content (AvgIpc) is 2.64. The molecule has 0 saturated heterocycles. The van der Waals surface area contributed by atoms with Crippen LogP contribution in [0, 0.1) is 17.1 Å². The van der Waals surface area contributed by atoms with E-state index in [9.17, 15) is 9.18 Å². The van der Waals surface area contributed by atoms with E-state index in [0.717, 1.165) is 0 Å². The molecule has 0 atom stereocenters. The molecule has 0 aliphatic heterocycles. The number of hydrogen-bond acceptors (Lipinski definition) is 5. The van der Waals surface area contributed by atoms with E-state index in [1.54, 1.807) is 36.4 Å². The minimum atomic E-state index is -0.498. The molecule has 0 radical (unpaired) electrons. The van der Waals surface area contributed by atoms with Crippen molar-refractivity contribution in [2.75, 3.05) is 10.6 Å². The maximum Gasteiger partial charge on any atom is 0.274 e. The van der Waals surface area contributed by atoms with Crippen molar-refractivity contribution in [1.82, 2.24) is 9.97 Å². The molecule has 0 aliphatic carbocycles. The van der Waals surface area contributed by atoms with Gasteiger partial charge in [-0.25, -0.2) is 14.4 Å². The van der Waals surface area contributed by atoms with E-state index in [2.05, 4.69) is 20.6 Å². The van der Waals surface area contributed by atoms with E-state index in [-0.39, 0.29) is 17.3 Å². The number of para-hydroxylation sites is 2. The Hall–Kier alpha value is -3.79. The Balaban J connectivity index is 1.80. The summed E-state index contributed by atoms with van der Waals surface area (Å²) in [5.41, 5.74) is 1.02. The summed E-state index contributed by atoms with van der Waals surface area (Å²) in [6.45, 7) is 0. The van der Waals surface area contributed by atoms with Gasteiger partial charge >= 0.3 is 0 Å². The van der Waals surface area contributed by atoms with Crippen LogP contribution in [-0.2, 0) is 0 Å². The predicted molar refractivity (Wildman–Crippen MR) is 90.8 cm³/mol. The van der Waals surface area contributed by atoms with Crippen LogP contribution in [0.5, 0.6) is 0 Å². The van der Waals surface area contributed by atoms with Gasteiger partial charge in [-0.05, 0) is 30.3 Å². The Kier molecular flexibility index (Phi) is 4.62. The zero-order valence-corrected chi connectivity index (χ0v) is 12.9. The highest BCUT2D eigenvalue weighted by atomic mass is 19.1. The van der Waals surface area contributed by atoms with Crippen LogP contribution in [0.1, 0.15) is 16.1 Å². The van der Waals surface area contributed by atoms with Gasteiger partial charge in [0.1, 0.15) is 17.6 Å². The molecule has 25 heavy (non-hydrogen) atoms. The van der Waals surface area contributed by atoms with Crippen LogP contribution in [0.15, 0.2) is 60.8 Å². The van der Waals surface area contributed by atoms with Crippen molar-refractivity contribution in [2.45, 2.75) is 0 Å². The third-order valence-electron chi connectivity index (χ3n) is 3.30. The highest BCUT2D eigenvalue weighted by Gasteiger charge is 2.12. The van der Waals surface area contributed by atoms with E-state index in [1.807, 2.05) is 6.07 Å². The third kappa shape index (κ3) is 3.76. The topological polar surface area (TPSA) is 90.7 Å². The normalized spacial score (nSPS) is 9.92. The third-order valence-corrected chi connectivity index (χ3v) is 3.30. The van der Waals surface area contributed by atoms with Gasteiger partial charge in [0, 0.05) is 6.20 Å². The Morgan fingerprint density at radius 2 is 1.76 bits per heavy atom. The zero-order chi connectivity index (χ0) is 17.6. The molecule has 3 aromatic rings. The first-order valence-corrected chi connectivity index (χ1v) is 7.32. The molecule has 0 spiro atoms. The summed E-state index contributed by atoms with van der Waals surface area (Å²) in [5.74, 6) is -0.864. The molecule has 0 saturated carbocycles. The van der Waals surface area contributed by atoms with Crippen molar-refractivity contribution in [1.29, 1.82) is 5.26 Å². The van der Waals surface area contributed by atoms with E-state index < -0.39 is 11.7 Å². The molecule has 0 aliphatic rings. The van der Waals surface area contributed by atoms with Crippen LogP contribution in [0.2, 0.25) is 0 Å². The lowest BCUT2D eigenvalue weighted by Gasteiger charge is -2.08. The molecule has 0 bridgehead atoms. The van der Waals surface area contributed by atoms with Gasteiger partial charge in [0.15, 0.2) is 0 Å². The van der Waals surface area contributed by atoms with Gasteiger partial charge in [-0.3, -0.25) is 4.79 Å². The molecule has 7 heteroatoms. The number of amides is 1. The van der Waals surface area contributed by atoms with Gasteiger partial charge in [0.2, 0.25) is 5.95 Å². The fourth-order valence-corrected chi connectivity index (χ4v) is 2.10. The predicted octanol–water partition coefficient (Wildman–Crippen LogP) is 3.48. The molecule has 2 N–H and O–H groups in total. The number of carbonyl (C=O) groups excluding carboxylic acids is 1. The Morgan fingerprint density at radius 1 is 1.04 bits per heavy atom. The van der Waals surface area contributed by atoms with Gasteiger partial charge in [-0.2, -0.15) is 5.26 Å². The van der Waals surface area contributed by atoms with Crippen LogP contribution in [-0.4, -0.2) is 15.9 Å². The molecule has 1 heterocycles. The van der Waals surface area contributed by atoms with Crippen molar-refractivity contribution in [3.8, 4) is 6.07 Å². The lowest BCUT2D eigenvalue weighted by molar-refractivity contribution is 0.102. The van der Waals surface area contributed by atoms with Crippen LogP contribution >= 0.6 is 0 Å². The maximum absolute atomic E-state index is 13.7. The number of nitrogens with zero attached hydrogens (tertiary/aromatic N) is 3. The van der Waals surface area contributed by atoms with Gasteiger partial charge in [-0.1, -0.05) is 24.3 Å². The molecular formula is C18H12FN5O. The standard InChI is InChI=1S/C18H12FN5O/c19-13-6-2-4-8-15(13)23-18-21-10-9-16(24-18)17(25)22-14-7-3-1-5-12(14)11-20/h1-10H,(H,22,25)(H,21,23,24). The number of benzene rings is 2. The first-order valence-electron chi connectivity index (χ1n) is 7.32. The Bertz CT molecular complexity index is 967. The molecular weight excluding hydrogens is 321 g/mol. The van der Waals surface area contributed by atoms with Crippen LogP contribution in [0.25, 0.3) is 0 Å². The molecule has 2 aromatic carbocycles.